The summed E-state index contributed by atoms with van der Waals surface area (Å²) < 4.78 is 7.32. The summed E-state index contributed by atoms with van der Waals surface area (Å²) in [4.78, 5) is 12.1. The molecule has 0 bridgehead atoms. The maximum absolute atomic E-state index is 12.1. The predicted molar refractivity (Wildman–Crippen MR) is 72.0 cm³/mol. The van der Waals surface area contributed by atoms with E-state index < -0.39 is 0 Å². The molecule has 2 aromatic rings. The van der Waals surface area contributed by atoms with E-state index in [4.69, 9.17) is 4.74 Å². The molecule has 3 heterocycles. The van der Waals surface area contributed by atoms with Crippen molar-refractivity contribution < 1.29 is 9.53 Å². The molecule has 2 aromatic heterocycles. The molecule has 20 heavy (non-hydrogen) atoms. The lowest BCUT2D eigenvalue weighted by atomic mass is 10.1. The van der Waals surface area contributed by atoms with Crippen LogP contribution in [0.5, 0.6) is 0 Å². The fraction of sp³-hybridized carbons (Fsp3) is 0.462. The van der Waals surface area contributed by atoms with Gasteiger partial charge in [0.2, 0.25) is 5.91 Å². The Balaban J connectivity index is 1.65. The fourth-order valence-electron chi connectivity index (χ4n) is 2.31. The maximum Gasteiger partial charge on any atom is 0.240 e. The highest BCUT2D eigenvalue weighted by Gasteiger charge is 2.28. The Labute approximate surface area is 116 Å². The maximum atomic E-state index is 12.1. The number of aromatic nitrogens is 3. The van der Waals surface area contributed by atoms with Gasteiger partial charge in [0.25, 0.3) is 0 Å². The first-order valence-corrected chi connectivity index (χ1v) is 6.67. The quantitative estimate of drug-likeness (QED) is 0.805. The van der Waals surface area contributed by atoms with E-state index in [1.165, 1.54) is 0 Å². The molecule has 7 nitrogen and oxygen atoms in total. The Morgan fingerprint density at radius 1 is 1.55 bits per heavy atom. The topological polar surface area (TPSA) is 80.5 Å². The molecule has 0 spiro atoms. The number of nitrogens with one attached hydrogen (secondary N) is 2. The van der Waals surface area contributed by atoms with Gasteiger partial charge in [-0.1, -0.05) is 6.07 Å². The normalized spacial score (nSPS) is 22.9. The van der Waals surface area contributed by atoms with Crippen LogP contribution in [0.2, 0.25) is 0 Å². The first-order chi connectivity index (χ1) is 9.75. The Morgan fingerprint density at radius 3 is 3.30 bits per heavy atom. The summed E-state index contributed by atoms with van der Waals surface area (Å²) in [5.74, 6) is 0.628. The Morgan fingerprint density at radius 2 is 2.45 bits per heavy atom. The Kier molecular flexibility index (Phi) is 3.62. The third kappa shape index (κ3) is 2.50. The second-order valence-corrected chi connectivity index (χ2v) is 4.77. The van der Waals surface area contributed by atoms with Crippen molar-refractivity contribution in [1.82, 2.24) is 25.2 Å². The van der Waals surface area contributed by atoms with Gasteiger partial charge in [-0.2, -0.15) is 0 Å². The number of carbonyl (C=O) groups is 1. The number of morpholine rings is 1. The number of ether oxygens (including phenoxy) is 1. The minimum atomic E-state index is -0.317. The smallest absolute Gasteiger partial charge is 0.240 e. The van der Waals surface area contributed by atoms with E-state index in [0.717, 1.165) is 5.65 Å². The predicted octanol–water partition coefficient (Wildman–Crippen LogP) is -0.278. The summed E-state index contributed by atoms with van der Waals surface area (Å²) in [6.07, 6.45) is 1.75. The summed E-state index contributed by atoms with van der Waals surface area (Å²) in [6.45, 7) is 3.56. The van der Waals surface area contributed by atoms with Crippen LogP contribution >= 0.6 is 0 Å². The monoisotopic (exact) mass is 275 g/mol. The summed E-state index contributed by atoms with van der Waals surface area (Å²) in [5, 5.41) is 14.2. The van der Waals surface area contributed by atoms with Crippen LogP contribution in [0, 0.1) is 0 Å². The number of amides is 1. The van der Waals surface area contributed by atoms with E-state index in [9.17, 15) is 4.79 Å². The van der Waals surface area contributed by atoms with Crippen molar-refractivity contribution in [3.8, 4) is 0 Å². The molecule has 2 N–H and O–H groups in total. The molecule has 0 radical (unpaired) electrons. The molecule has 1 fully saturated rings. The number of pyridine rings is 1. The van der Waals surface area contributed by atoms with Crippen LogP contribution in [0.1, 0.15) is 12.7 Å². The molecule has 0 unspecified atom stereocenters. The molecular formula is C13H17N5O2. The second kappa shape index (κ2) is 5.56. The molecule has 1 aliphatic heterocycles. The number of carbonyl (C=O) groups excluding carboxylic acids is 1. The molecule has 1 amide bonds. The van der Waals surface area contributed by atoms with E-state index in [-0.39, 0.29) is 18.1 Å². The van der Waals surface area contributed by atoms with Crippen LogP contribution in [-0.4, -0.2) is 45.8 Å². The SMILES string of the molecule is C[C@H]1OCCN[C@@H]1C(=O)NCc1nnc2ccccn12. The Bertz CT molecular complexity index is 612. The van der Waals surface area contributed by atoms with Crippen LogP contribution in [0.25, 0.3) is 5.65 Å². The second-order valence-electron chi connectivity index (χ2n) is 4.77. The molecular weight excluding hydrogens is 258 g/mol. The third-order valence-electron chi connectivity index (χ3n) is 3.40. The lowest BCUT2D eigenvalue weighted by Gasteiger charge is -2.29. The van der Waals surface area contributed by atoms with Gasteiger partial charge in [-0.25, -0.2) is 0 Å². The third-order valence-corrected chi connectivity index (χ3v) is 3.40. The van der Waals surface area contributed by atoms with Crippen molar-refractivity contribution in [2.24, 2.45) is 0 Å². The Hall–Kier alpha value is -1.99. The standard InChI is InChI=1S/C13H17N5O2/c1-9-12(14-5-7-20-9)13(19)15-8-11-17-16-10-4-2-3-6-18(10)11/h2-4,6,9,12,14H,5,7-8H2,1H3,(H,15,19)/t9-,12+/m1/s1. The molecule has 106 valence electrons. The number of fused-ring (bicyclic) bond motifs is 1. The first kappa shape index (κ1) is 13.0. The van der Waals surface area contributed by atoms with E-state index in [2.05, 4.69) is 20.8 Å². The zero-order valence-electron chi connectivity index (χ0n) is 11.2. The van der Waals surface area contributed by atoms with Gasteiger partial charge in [0.15, 0.2) is 11.5 Å². The summed E-state index contributed by atoms with van der Waals surface area (Å²) in [5.41, 5.74) is 0.768. The van der Waals surface area contributed by atoms with Crippen LogP contribution in [0.4, 0.5) is 0 Å². The highest BCUT2D eigenvalue weighted by molar-refractivity contribution is 5.82. The largest absolute Gasteiger partial charge is 0.375 e. The highest BCUT2D eigenvalue weighted by Crippen LogP contribution is 2.05. The van der Waals surface area contributed by atoms with E-state index in [0.29, 0.717) is 25.5 Å². The number of hydrogen-bond donors (Lipinski definition) is 2. The van der Waals surface area contributed by atoms with Gasteiger partial charge in [-0.3, -0.25) is 9.20 Å². The van der Waals surface area contributed by atoms with Gasteiger partial charge in [0, 0.05) is 12.7 Å². The molecule has 0 saturated carbocycles. The van der Waals surface area contributed by atoms with Crippen molar-refractivity contribution >= 4 is 11.6 Å². The average Bonchev–Trinajstić information content (AvgIpc) is 2.88. The van der Waals surface area contributed by atoms with Crippen LogP contribution in [0.15, 0.2) is 24.4 Å². The first-order valence-electron chi connectivity index (χ1n) is 6.67. The summed E-state index contributed by atoms with van der Waals surface area (Å²) >= 11 is 0. The van der Waals surface area contributed by atoms with Crippen molar-refractivity contribution in [3.05, 3.63) is 30.2 Å². The molecule has 2 atom stereocenters. The number of nitrogens with zero attached hydrogens (tertiary/aromatic N) is 3. The average molecular weight is 275 g/mol. The molecule has 0 aromatic carbocycles. The zero-order valence-corrected chi connectivity index (χ0v) is 11.2. The molecule has 7 heteroatoms. The van der Waals surface area contributed by atoms with E-state index >= 15 is 0 Å². The zero-order chi connectivity index (χ0) is 13.9. The fourth-order valence-corrected chi connectivity index (χ4v) is 2.31. The summed E-state index contributed by atoms with van der Waals surface area (Å²) in [6, 6.07) is 5.36. The van der Waals surface area contributed by atoms with Crippen LogP contribution < -0.4 is 10.6 Å². The van der Waals surface area contributed by atoms with Crippen molar-refractivity contribution in [2.45, 2.75) is 25.6 Å². The molecule has 1 saturated heterocycles. The minimum Gasteiger partial charge on any atom is -0.375 e. The lowest BCUT2D eigenvalue weighted by molar-refractivity contribution is -0.129. The molecule has 0 aliphatic carbocycles. The van der Waals surface area contributed by atoms with E-state index in [1.807, 2.05) is 35.7 Å². The van der Waals surface area contributed by atoms with Gasteiger partial charge in [-0.15, -0.1) is 10.2 Å². The minimum absolute atomic E-state index is 0.0788. The van der Waals surface area contributed by atoms with Gasteiger partial charge >= 0.3 is 0 Å². The van der Waals surface area contributed by atoms with Gasteiger partial charge in [0.1, 0.15) is 6.04 Å². The molecule has 3 rings (SSSR count). The van der Waals surface area contributed by atoms with Crippen LogP contribution in [-0.2, 0) is 16.1 Å². The van der Waals surface area contributed by atoms with Gasteiger partial charge < -0.3 is 15.4 Å². The number of hydrogen-bond acceptors (Lipinski definition) is 5. The summed E-state index contributed by atoms with van der Waals surface area (Å²) in [7, 11) is 0. The van der Waals surface area contributed by atoms with Crippen molar-refractivity contribution in [3.63, 3.8) is 0 Å². The van der Waals surface area contributed by atoms with Gasteiger partial charge in [-0.05, 0) is 19.1 Å². The molecule has 1 aliphatic rings. The van der Waals surface area contributed by atoms with Crippen molar-refractivity contribution in [2.75, 3.05) is 13.2 Å². The highest BCUT2D eigenvalue weighted by atomic mass is 16.5. The lowest BCUT2D eigenvalue weighted by Crippen LogP contribution is -2.55. The number of rotatable bonds is 3. The van der Waals surface area contributed by atoms with Crippen molar-refractivity contribution in [1.29, 1.82) is 0 Å². The van der Waals surface area contributed by atoms with Crippen LogP contribution in [0.3, 0.4) is 0 Å². The van der Waals surface area contributed by atoms with Gasteiger partial charge in [0.05, 0.1) is 19.3 Å². The van der Waals surface area contributed by atoms with E-state index in [1.54, 1.807) is 0 Å².